The first-order valence-corrected chi connectivity index (χ1v) is 4.23. The lowest BCUT2D eigenvalue weighted by Gasteiger charge is -2.09. The molecule has 0 atom stereocenters. The summed E-state index contributed by atoms with van der Waals surface area (Å²) in [5, 5.41) is 0. The van der Waals surface area contributed by atoms with Crippen LogP contribution in [0.5, 0.6) is 11.5 Å². The zero-order valence-electron chi connectivity index (χ0n) is 7.43. The van der Waals surface area contributed by atoms with Gasteiger partial charge >= 0.3 is 0 Å². The molecule has 0 saturated carbocycles. The molecule has 0 fully saturated rings. The molecule has 1 aromatic carbocycles. The van der Waals surface area contributed by atoms with Crippen LogP contribution in [0.25, 0.3) is 0 Å². The molecule has 72 valence electrons. The fraction of sp³-hybridized carbons (Fsp3) is 0.333. The number of benzene rings is 1. The molecule has 2 nitrogen and oxygen atoms in total. The number of hydrogen-bond donors (Lipinski definition) is 0. The van der Waals surface area contributed by atoms with Crippen LogP contribution in [0, 0.1) is 5.82 Å². The van der Waals surface area contributed by atoms with E-state index in [-0.39, 0.29) is 17.4 Å². The summed E-state index contributed by atoms with van der Waals surface area (Å²) in [7, 11) is 2.80. The van der Waals surface area contributed by atoms with Crippen LogP contribution in [0.4, 0.5) is 4.39 Å². The summed E-state index contributed by atoms with van der Waals surface area (Å²) in [6.07, 6.45) is 0. The highest BCUT2D eigenvalue weighted by molar-refractivity contribution is 6.17. The van der Waals surface area contributed by atoms with Crippen LogP contribution in [0.3, 0.4) is 0 Å². The predicted octanol–water partition coefficient (Wildman–Crippen LogP) is 2.58. The number of halogens is 2. The summed E-state index contributed by atoms with van der Waals surface area (Å²) in [6.45, 7) is 0. The Morgan fingerprint density at radius 1 is 1.31 bits per heavy atom. The van der Waals surface area contributed by atoms with Crippen molar-refractivity contribution in [3.05, 3.63) is 23.5 Å². The van der Waals surface area contributed by atoms with Crippen molar-refractivity contribution in [3.63, 3.8) is 0 Å². The van der Waals surface area contributed by atoms with Crippen LogP contribution in [-0.2, 0) is 5.88 Å². The number of hydrogen-bond acceptors (Lipinski definition) is 2. The number of methoxy groups -OCH3 is 2. The Hall–Kier alpha value is -0.960. The third-order valence-electron chi connectivity index (χ3n) is 1.71. The van der Waals surface area contributed by atoms with E-state index < -0.39 is 5.82 Å². The van der Waals surface area contributed by atoms with E-state index in [0.29, 0.717) is 5.56 Å². The van der Waals surface area contributed by atoms with Gasteiger partial charge in [0.15, 0.2) is 11.5 Å². The molecule has 4 heteroatoms. The first kappa shape index (κ1) is 10.1. The van der Waals surface area contributed by atoms with Gasteiger partial charge in [0, 0.05) is 5.56 Å². The fourth-order valence-corrected chi connectivity index (χ4v) is 1.27. The van der Waals surface area contributed by atoms with Crippen LogP contribution in [0.1, 0.15) is 5.56 Å². The third kappa shape index (κ3) is 1.86. The Labute approximate surface area is 81.2 Å². The van der Waals surface area contributed by atoms with E-state index in [1.54, 1.807) is 6.07 Å². The van der Waals surface area contributed by atoms with Crippen LogP contribution < -0.4 is 9.47 Å². The summed E-state index contributed by atoms with van der Waals surface area (Å²) in [5.41, 5.74) is 0.613. The molecule has 0 aromatic heterocycles. The second kappa shape index (κ2) is 4.33. The lowest BCUT2D eigenvalue weighted by Crippen LogP contribution is -1.96. The highest BCUT2D eigenvalue weighted by Crippen LogP contribution is 2.30. The van der Waals surface area contributed by atoms with Gasteiger partial charge in [-0.05, 0) is 6.07 Å². The Kier molecular flexibility index (Phi) is 3.37. The molecule has 0 saturated heterocycles. The third-order valence-corrected chi connectivity index (χ3v) is 2.00. The number of ether oxygens (including phenoxy) is 2. The second-order valence-electron chi connectivity index (χ2n) is 2.41. The molecular formula is C9H10ClFO2. The lowest BCUT2D eigenvalue weighted by atomic mass is 10.2. The van der Waals surface area contributed by atoms with E-state index in [1.165, 1.54) is 20.3 Å². The Bertz CT molecular complexity index is 302. The van der Waals surface area contributed by atoms with Gasteiger partial charge in [-0.25, -0.2) is 0 Å². The number of rotatable bonds is 3. The summed E-state index contributed by atoms with van der Waals surface area (Å²) >= 11 is 5.59. The maximum atomic E-state index is 13.4. The van der Waals surface area contributed by atoms with Gasteiger partial charge < -0.3 is 9.47 Å². The molecule has 0 aliphatic carbocycles. The summed E-state index contributed by atoms with van der Waals surface area (Å²) in [4.78, 5) is 0. The second-order valence-corrected chi connectivity index (χ2v) is 2.68. The molecule has 0 aliphatic heterocycles. The van der Waals surface area contributed by atoms with Crippen molar-refractivity contribution in [3.8, 4) is 11.5 Å². The van der Waals surface area contributed by atoms with Crippen molar-refractivity contribution >= 4 is 11.6 Å². The van der Waals surface area contributed by atoms with Crippen molar-refractivity contribution < 1.29 is 13.9 Å². The first-order chi connectivity index (χ1) is 6.24. The van der Waals surface area contributed by atoms with Crippen LogP contribution in [0.2, 0.25) is 0 Å². The van der Waals surface area contributed by atoms with Gasteiger partial charge in [0.25, 0.3) is 0 Å². The van der Waals surface area contributed by atoms with Gasteiger partial charge in [0.1, 0.15) is 0 Å². The summed E-state index contributed by atoms with van der Waals surface area (Å²) in [5.74, 6) is 0.00703. The maximum absolute atomic E-state index is 13.4. The van der Waals surface area contributed by atoms with Gasteiger partial charge in [0.05, 0.1) is 20.1 Å². The smallest absolute Gasteiger partial charge is 0.207 e. The highest BCUT2D eigenvalue weighted by Gasteiger charge is 2.13. The number of alkyl halides is 1. The Morgan fingerprint density at radius 2 is 2.00 bits per heavy atom. The molecule has 0 aliphatic rings. The molecule has 0 unspecified atom stereocenters. The van der Waals surface area contributed by atoms with Crippen molar-refractivity contribution in [2.24, 2.45) is 0 Å². The molecule has 0 amide bonds. The van der Waals surface area contributed by atoms with Gasteiger partial charge in [0.2, 0.25) is 5.82 Å². The molecular weight excluding hydrogens is 195 g/mol. The molecule has 1 aromatic rings. The molecule has 1 rings (SSSR count). The maximum Gasteiger partial charge on any atom is 0.207 e. The van der Waals surface area contributed by atoms with Gasteiger partial charge in [-0.1, -0.05) is 6.07 Å². The minimum Gasteiger partial charge on any atom is -0.494 e. The van der Waals surface area contributed by atoms with Crippen molar-refractivity contribution in [2.45, 2.75) is 5.88 Å². The standard InChI is InChI=1S/C9H10ClFO2/c1-12-7-4-3-6(5-10)9(13-2)8(7)11/h3-4H,5H2,1-2H3. The summed E-state index contributed by atoms with van der Waals surface area (Å²) in [6, 6.07) is 3.20. The van der Waals surface area contributed by atoms with Gasteiger partial charge in [-0.2, -0.15) is 4.39 Å². The van der Waals surface area contributed by atoms with E-state index in [4.69, 9.17) is 21.1 Å². The lowest BCUT2D eigenvalue weighted by molar-refractivity contribution is 0.348. The van der Waals surface area contributed by atoms with E-state index in [1.807, 2.05) is 0 Å². The average molecular weight is 205 g/mol. The normalized spacial score (nSPS) is 9.85. The molecule has 0 spiro atoms. The molecule has 0 bridgehead atoms. The minimum absolute atomic E-state index is 0.148. The zero-order chi connectivity index (χ0) is 9.84. The monoisotopic (exact) mass is 204 g/mol. The van der Waals surface area contributed by atoms with E-state index in [9.17, 15) is 4.39 Å². The first-order valence-electron chi connectivity index (χ1n) is 3.70. The average Bonchev–Trinajstić information content (AvgIpc) is 2.17. The van der Waals surface area contributed by atoms with E-state index in [2.05, 4.69) is 0 Å². The van der Waals surface area contributed by atoms with E-state index >= 15 is 0 Å². The molecule has 0 N–H and O–H groups in total. The van der Waals surface area contributed by atoms with Crippen molar-refractivity contribution in [1.29, 1.82) is 0 Å². The minimum atomic E-state index is -0.511. The molecule has 0 heterocycles. The zero-order valence-corrected chi connectivity index (χ0v) is 8.19. The van der Waals surface area contributed by atoms with Gasteiger partial charge in [-0.3, -0.25) is 0 Å². The van der Waals surface area contributed by atoms with Crippen LogP contribution in [0.15, 0.2) is 12.1 Å². The highest BCUT2D eigenvalue weighted by atomic mass is 35.5. The summed E-state index contributed by atoms with van der Waals surface area (Å²) < 4.78 is 23.1. The van der Waals surface area contributed by atoms with Crippen LogP contribution in [-0.4, -0.2) is 14.2 Å². The fourth-order valence-electron chi connectivity index (χ4n) is 1.06. The van der Waals surface area contributed by atoms with E-state index in [0.717, 1.165) is 0 Å². The SMILES string of the molecule is COc1ccc(CCl)c(OC)c1F. The Balaban J connectivity index is 3.23. The topological polar surface area (TPSA) is 18.5 Å². The Morgan fingerprint density at radius 3 is 2.46 bits per heavy atom. The molecule has 0 radical (unpaired) electrons. The quantitative estimate of drug-likeness (QED) is 0.705. The van der Waals surface area contributed by atoms with Crippen molar-refractivity contribution in [1.82, 2.24) is 0 Å². The predicted molar refractivity (Wildman–Crippen MR) is 49.1 cm³/mol. The molecule has 13 heavy (non-hydrogen) atoms. The van der Waals surface area contributed by atoms with Crippen molar-refractivity contribution in [2.75, 3.05) is 14.2 Å². The van der Waals surface area contributed by atoms with Gasteiger partial charge in [-0.15, -0.1) is 11.6 Å². The van der Waals surface area contributed by atoms with Crippen LogP contribution >= 0.6 is 11.6 Å². The largest absolute Gasteiger partial charge is 0.494 e.